The fraction of sp³-hybridized carbons (Fsp3) is 0.480. The number of anilines is 1. The molecule has 0 bridgehead atoms. The first-order valence-corrected chi connectivity index (χ1v) is 11.4. The minimum absolute atomic E-state index is 0.00752. The van der Waals surface area contributed by atoms with Crippen LogP contribution in [-0.2, 0) is 6.54 Å². The summed E-state index contributed by atoms with van der Waals surface area (Å²) in [5, 5.41) is 4.12. The van der Waals surface area contributed by atoms with Crippen LogP contribution in [0.3, 0.4) is 0 Å². The minimum Gasteiger partial charge on any atom is -0.493 e. The van der Waals surface area contributed by atoms with Crippen molar-refractivity contribution in [1.29, 1.82) is 0 Å². The average Bonchev–Trinajstić information content (AvgIpc) is 3.39. The zero-order valence-corrected chi connectivity index (χ0v) is 20.2. The van der Waals surface area contributed by atoms with Crippen LogP contribution in [-0.4, -0.2) is 46.1 Å². The summed E-state index contributed by atoms with van der Waals surface area (Å²) in [5.74, 6) is 2.40. The van der Waals surface area contributed by atoms with Crippen LogP contribution in [0.2, 0.25) is 0 Å². The van der Waals surface area contributed by atoms with Crippen molar-refractivity contribution in [3.05, 3.63) is 41.4 Å². The van der Waals surface area contributed by atoms with Gasteiger partial charge in [-0.05, 0) is 65.2 Å². The largest absolute Gasteiger partial charge is 0.493 e. The van der Waals surface area contributed by atoms with Gasteiger partial charge in [0, 0.05) is 18.6 Å². The maximum absolute atomic E-state index is 13.7. The molecule has 1 aliphatic carbocycles. The van der Waals surface area contributed by atoms with Crippen LogP contribution in [0.5, 0.6) is 11.5 Å². The van der Waals surface area contributed by atoms with Crippen LogP contribution < -0.4 is 14.8 Å². The zero-order valence-electron chi connectivity index (χ0n) is 20.2. The topological polar surface area (TPSA) is 89.7 Å². The SMILES string of the molecule is CCN(Cc1ccc(OC(C)C)c(OC)c1)C(=O)c1c(C)oc2ncnc(NC3(C)CC3)c12. The summed E-state index contributed by atoms with van der Waals surface area (Å²) in [4.78, 5) is 24.2. The predicted octanol–water partition coefficient (Wildman–Crippen LogP) is 4.95. The van der Waals surface area contributed by atoms with Gasteiger partial charge in [-0.2, -0.15) is 0 Å². The first-order valence-electron chi connectivity index (χ1n) is 11.4. The lowest BCUT2D eigenvalue weighted by Crippen LogP contribution is -2.31. The van der Waals surface area contributed by atoms with Gasteiger partial charge in [0.1, 0.15) is 17.9 Å². The quantitative estimate of drug-likeness (QED) is 0.491. The summed E-state index contributed by atoms with van der Waals surface area (Å²) in [6.45, 7) is 10.8. The van der Waals surface area contributed by atoms with Crippen molar-refractivity contribution < 1.29 is 18.7 Å². The Bertz CT molecular complexity index is 1170. The van der Waals surface area contributed by atoms with Gasteiger partial charge in [0.2, 0.25) is 5.71 Å². The molecule has 8 heteroatoms. The number of benzene rings is 1. The summed E-state index contributed by atoms with van der Waals surface area (Å²) in [6, 6.07) is 5.76. The molecule has 0 unspecified atom stereocenters. The number of nitrogens with one attached hydrogen (secondary N) is 1. The number of ether oxygens (including phenoxy) is 2. The number of amides is 1. The third-order valence-corrected chi connectivity index (χ3v) is 5.93. The highest BCUT2D eigenvalue weighted by Crippen LogP contribution is 2.40. The number of rotatable bonds is 9. The number of nitrogens with zero attached hydrogens (tertiary/aromatic N) is 3. The number of furan rings is 1. The third kappa shape index (κ3) is 4.74. The molecule has 3 aromatic rings. The normalized spacial score (nSPS) is 14.4. The van der Waals surface area contributed by atoms with E-state index < -0.39 is 0 Å². The molecule has 2 aromatic heterocycles. The molecule has 0 spiro atoms. The van der Waals surface area contributed by atoms with Crippen molar-refractivity contribution in [3.8, 4) is 11.5 Å². The Morgan fingerprint density at radius 1 is 1.27 bits per heavy atom. The van der Waals surface area contributed by atoms with Gasteiger partial charge in [-0.15, -0.1) is 0 Å². The Balaban J connectivity index is 1.65. The van der Waals surface area contributed by atoms with Crippen molar-refractivity contribution in [2.45, 2.75) is 65.6 Å². The molecule has 0 atom stereocenters. The van der Waals surface area contributed by atoms with E-state index in [1.165, 1.54) is 6.33 Å². The smallest absolute Gasteiger partial charge is 0.258 e. The molecule has 0 aliphatic heterocycles. The van der Waals surface area contributed by atoms with Crippen molar-refractivity contribution in [1.82, 2.24) is 14.9 Å². The number of fused-ring (bicyclic) bond motifs is 1. The van der Waals surface area contributed by atoms with Crippen LogP contribution in [0.1, 0.15) is 62.2 Å². The van der Waals surface area contributed by atoms with Crippen LogP contribution in [0, 0.1) is 6.92 Å². The Morgan fingerprint density at radius 2 is 2.03 bits per heavy atom. The molecular weight excluding hydrogens is 420 g/mol. The molecule has 1 saturated carbocycles. The number of hydrogen-bond acceptors (Lipinski definition) is 7. The van der Waals surface area contributed by atoms with E-state index in [2.05, 4.69) is 22.2 Å². The molecule has 0 radical (unpaired) electrons. The van der Waals surface area contributed by atoms with Gasteiger partial charge >= 0.3 is 0 Å². The third-order valence-electron chi connectivity index (χ3n) is 5.93. The van der Waals surface area contributed by atoms with E-state index in [0.717, 1.165) is 18.4 Å². The molecule has 0 saturated heterocycles. The fourth-order valence-corrected chi connectivity index (χ4v) is 3.86. The van der Waals surface area contributed by atoms with E-state index in [9.17, 15) is 4.79 Å². The number of hydrogen-bond donors (Lipinski definition) is 1. The molecule has 176 valence electrons. The molecule has 33 heavy (non-hydrogen) atoms. The van der Waals surface area contributed by atoms with Crippen molar-refractivity contribution in [3.63, 3.8) is 0 Å². The highest BCUT2D eigenvalue weighted by atomic mass is 16.5. The second kappa shape index (κ2) is 8.92. The number of aryl methyl sites for hydroxylation is 1. The second-order valence-electron chi connectivity index (χ2n) is 9.09. The standard InChI is InChI=1S/C25H32N4O4/c1-7-29(13-17-8-9-18(32-15(2)3)19(12-17)31-6)24(30)20-16(4)33-23-21(20)22(26-14-27-23)28-25(5)10-11-25/h8-9,12,14-15H,7,10-11,13H2,1-6H3,(H,26,27,28). The zero-order chi connectivity index (χ0) is 23.8. The van der Waals surface area contributed by atoms with E-state index in [1.807, 2.05) is 39.0 Å². The molecule has 1 aliphatic rings. The second-order valence-corrected chi connectivity index (χ2v) is 9.09. The Morgan fingerprint density at radius 3 is 2.67 bits per heavy atom. The minimum atomic E-state index is -0.117. The van der Waals surface area contributed by atoms with Gasteiger partial charge in [-0.25, -0.2) is 9.97 Å². The van der Waals surface area contributed by atoms with Crippen LogP contribution >= 0.6 is 0 Å². The van der Waals surface area contributed by atoms with Crippen LogP contribution in [0.15, 0.2) is 28.9 Å². The van der Waals surface area contributed by atoms with Crippen LogP contribution in [0.25, 0.3) is 11.1 Å². The summed E-state index contributed by atoms with van der Waals surface area (Å²) < 4.78 is 17.2. The van der Waals surface area contributed by atoms with E-state index in [0.29, 0.717) is 52.8 Å². The van der Waals surface area contributed by atoms with E-state index in [1.54, 1.807) is 18.9 Å². The van der Waals surface area contributed by atoms with E-state index in [-0.39, 0.29) is 17.6 Å². The van der Waals surface area contributed by atoms with Gasteiger partial charge in [-0.1, -0.05) is 6.07 Å². The summed E-state index contributed by atoms with van der Waals surface area (Å²) in [7, 11) is 1.62. The molecule has 1 amide bonds. The number of aromatic nitrogens is 2. The van der Waals surface area contributed by atoms with Crippen molar-refractivity contribution in [2.75, 3.05) is 19.0 Å². The summed E-state index contributed by atoms with van der Waals surface area (Å²) >= 11 is 0. The lowest BCUT2D eigenvalue weighted by atomic mass is 10.1. The first-order chi connectivity index (χ1) is 15.7. The maximum atomic E-state index is 13.7. The highest BCUT2D eigenvalue weighted by molar-refractivity contribution is 6.10. The first kappa shape index (κ1) is 22.9. The monoisotopic (exact) mass is 452 g/mol. The van der Waals surface area contributed by atoms with E-state index >= 15 is 0 Å². The average molecular weight is 453 g/mol. The molecule has 1 fully saturated rings. The lowest BCUT2D eigenvalue weighted by Gasteiger charge is -2.22. The van der Waals surface area contributed by atoms with Crippen molar-refractivity contribution >= 4 is 22.8 Å². The highest BCUT2D eigenvalue weighted by Gasteiger charge is 2.38. The Hall–Kier alpha value is -3.29. The number of carbonyl (C=O) groups excluding carboxylic acids is 1. The van der Waals surface area contributed by atoms with Gasteiger partial charge in [0.05, 0.1) is 24.2 Å². The van der Waals surface area contributed by atoms with Crippen LogP contribution in [0.4, 0.5) is 5.82 Å². The predicted molar refractivity (Wildman–Crippen MR) is 127 cm³/mol. The van der Waals surface area contributed by atoms with E-state index in [4.69, 9.17) is 13.9 Å². The Kier molecular flexibility index (Phi) is 6.19. The van der Waals surface area contributed by atoms with Gasteiger partial charge < -0.3 is 24.1 Å². The lowest BCUT2D eigenvalue weighted by molar-refractivity contribution is 0.0752. The molecule has 2 heterocycles. The van der Waals surface area contributed by atoms with Gasteiger partial charge in [0.25, 0.3) is 5.91 Å². The van der Waals surface area contributed by atoms with Crippen molar-refractivity contribution in [2.24, 2.45) is 0 Å². The number of methoxy groups -OCH3 is 1. The molecule has 4 rings (SSSR count). The van der Waals surface area contributed by atoms with Gasteiger partial charge in [0.15, 0.2) is 11.5 Å². The van der Waals surface area contributed by atoms with Gasteiger partial charge in [-0.3, -0.25) is 4.79 Å². The fourth-order valence-electron chi connectivity index (χ4n) is 3.86. The summed E-state index contributed by atoms with van der Waals surface area (Å²) in [5.41, 5.74) is 1.88. The molecule has 1 aromatic carbocycles. The summed E-state index contributed by atoms with van der Waals surface area (Å²) in [6.07, 6.45) is 3.65. The molecular formula is C25H32N4O4. The maximum Gasteiger partial charge on any atom is 0.258 e. The molecule has 8 nitrogen and oxygen atoms in total. The molecule has 1 N–H and O–H groups in total. The number of carbonyl (C=O) groups is 1. The Labute approximate surface area is 194 Å².